The molecule has 7 rings (SSSR count). The fraction of sp³-hybridized carbons (Fsp3) is 0.275. The van der Waals surface area contributed by atoms with E-state index >= 15 is 0 Å². The molecule has 2 aromatic heterocycles. The standard InChI is InChI=1S/C29H17F2N2.C11H20O2.Ir/c1-29(2)23-14-21-17(7-8-18-20(21)12-16(30)13-24(18)31)19-9-10-32-27(26(19)23)22-11-15-5-3-4-6-25(15)33-28(22)29;1-10(2,3)8(12)7-9(13)11(4,5)6;/h3-10,12-14H,1-2H3;7,12H,1-6H3;/q-1;;/b;8-7-;. The van der Waals surface area contributed by atoms with Crippen LogP contribution in [0.25, 0.3) is 54.5 Å². The fourth-order valence-corrected chi connectivity index (χ4v) is 5.98. The topological polar surface area (TPSA) is 63.1 Å². The minimum absolute atomic E-state index is 0. The molecule has 4 aromatic carbocycles. The van der Waals surface area contributed by atoms with Gasteiger partial charge in [-0.3, -0.25) is 9.78 Å². The Morgan fingerprint density at radius 2 is 1.51 bits per heavy atom. The number of halogens is 2. The molecule has 1 radical (unpaired) electrons. The van der Waals surface area contributed by atoms with Crippen LogP contribution in [0.15, 0.2) is 78.7 Å². The van der Waals surface area contributed by atoms with Crippen LogP contribution in [0, 0.1) is 28.5 Å². The summed E-state index contributed by atoms with van der Waals surface area (Å²) in [6.07, 6.45) is 3.13. The fourth-order valence-electron chi connectivity index (χ4n) is 5.98. The van der Waals surface area contributed by atoms with Crippen LogP contribution in [0.5, 0.6) is 0 Å². The quantitative estimate of drug-likeness (QED) is 0.0778. The number of carbonyl (C=O) groups is 1. The average molecular weight is 808 g/mol. The van der Waals surface area contributed by atoms with Gasteiger partial charge in [-0.05, 0) is 55.8 Å². The zero-order chi connectivity index (χ0) is 33.3. The Kier molecular flexibility index (Phi) is 8.66. The van der Waals surface area contributed by atoms with Crippen LogP contribution in [0.4, 0.5) is 8.78 Å². The van der Waals surface area contributed by atoms with Gasteiger partial charge in [-0.2, -0.15) is 0 Å². The van der Waals surface area contributed by atoms with Crippen LogP contribution < -0.4 is 0 Å². The molecule has 6 aromatic rings. The van der Waals surface area contributed by atoms with Crippen molar-refractivity contribution in [3.8, 4) is 11.3 Å². The third-order valence-corrected chi connectivity index (χ3v) is 8.80. The smallest absolute Gasteiger partial charge is 0.164 e. The van der Waals surface area contributed by atoms with Crippen molar-refractivity contribution in [2.24, 2.45) is 10.8 Å². The first-order chi connectivity index (χ1) is 21.5. The van der Waals surface area contributed by atoms with Crippen molar-refractivity contribution in [2.45, 2.75) is 60.8 Å². The van der Waals surface area contributed by atoms with Crippen molar-refractivity contribution in [1.29, 1.82) is 0 Å². The number of pyridine rings is 2. The molecule has 1 aliphatic rings. The second-order valence-corrected chi connectivity index (χ2v) is 14.6. The number of rotatable bonds is 1. The van der Waals surface area contributed by atoms with Crippen LogP contribution in [-0.2, 0) is 30.3 Å². The molecule has 0 spiro atoms. The van der Waals surface area contributed by atoms with Crippen molar-refractivity contribution in [1.82, 2.24) is 9.97 Å². The minimum atomic E-state index is -0.580. The molecule has 243 valence electrons. The number of aromatic nitrogens is 2. The third-order valence-electron chi connectivity index (χ3n) is 8.80. The van der Waals surface area contributed by atoms with Gasteiger partial charge in [-0.15, -0.1) is 12.1 Å². The molecule has 0 saturated carbocycles. The van der Waals surface area contributed by atoms with Gasteiger partial charge < -0.3 is 10.1 Å². The van der Waals surface area contributed by atoms with Gasteiger partial charge in [0, 0.05) is 65.8 Å². The number of benzene rings is 4. The van der Waals surface area contributed by atoms with Gasteiger partial charge in [-0.25, -0.2) is 8.78 Å². The van der Waals surface area contributed by atoms with E-state index in [1.807, 2.05) is 77.9 Å². The number of ketones is 1. The summed E-state index contributed by atoms with van der Waals surface area (Å²) in [4.78, 5) is 21.3. The largest absolute Gasteiger partial charge is 0.512 e. The molecule has 1 aliphatic carbocycles. The molecule has 2 heterocycles. The summed E-state index contributed by atoms with van der Waals surface area (Å²) >= 11 is 0. The van der Waals surface area contributed by atoms with Crippen LogP contribution in [0.3, 0.4) is 0 Å². The second kappa shape index (κ2) is 11.9. The van der Waals surface area contributed by atoms with Gasteiger partial charge in [0.1, 0.15) is 17.4 Å². The molecule has 0 amide bonds. The average Bonchev–Trinajstić information content (AvgIpc) is 2.98. The van der Waals surface area contributed by atoms with Crippen LogP contribution >= 0.6 is 0 Å². The molecule has 4 nitrogen and oxygen atoms in total. The molecule has 7 heteroatoms. The zero-order valence-corrected chi connectivity index (χ0v) is 30.2. The molecule has 0 saturated heterocycles. The maximum atomic E-state index is 14.6. The number of para-hydroxylation sites is 1. The molecular weight excluding hydrogens is 771 g/mol. The summed E-state index contributed by atoms with van der Waals surface area (Å²) in [6, 6.07) is 21.6. The van der Waals surface area contributed by atoms with Gasteiger partial charge in [0.25, 0.3) is 0 Å². The Balaban J connectivity index is 0.000000267. The van der Waals surface area contributed by atoms with E-state index in [4.69, 9.17) is 9.97 Å². The van der Waals surface area contributed by atoms with E-state index in [1.54, 1.807) is 12.3 Å². The maximum absolute atomic E-state index is 14.6. The second-order valence-electron chi connectivity index (χ2n) is 14.6. The Hall–Kier alpha value is -4.06. The van der Waals surface area contributed by atoms with E-state index in [2.05, 4.69) is 26.0 Å². The van der Waals surface area contributed by atoms with Crippen LogP contribution in [0.1, 0.15) is 66.6 Å². The first kappa shape index (κ1) is 34.3. The van der Waals surface area contributed by atoms with E-state index < -0.39 is 22.5 Å². The van der Waals surface area contributed by atoms with Gasteiger partial charge >= 0.3 is 0 Å². The van der Waals surface area contributed by atoms with E-state index in [9.17, 15) is 18.7 Å². The van der Waals surface area contributed by atoms with Gasteiger partial charge in [0.05, 0.1) is 0 Å². The Bertz CT molecular complexity index is 2260. The summed E-state index contributed by atoms with van der Waals surface area (Å²) in [6.45, 7) is 15.4. The summed E-state index contributed by atoms with van der Waals surface area (Å²) < 4.78 is 28.8. The molecule has 0 unspecified atom stereocenters. The summed E-state index contributed by atoms with van der Waals surface area (Å²) in [5.41, 5.74) is 3.39. The first-order valence-corrected chi connectivity index (χ1v) is 15.4. The number of carbonyl (C=O) groups excluding carboxylic acids is 1. The predicted octanol–water partition coefficient (Wildman–Crippen LogP) is 10.6. The van der Waals surface area contributed by atoms with Crippen molar-refractivity contribution < 1.29 is 38.8 Å². The van der Waals surface area contributed by atoms with Crippen molar-refractivity contribution in [2.75, 3.05) is 0 Å². The third kappa shape index (κ3) is 5.96. The van der Waals surface area contributed by atoms with Crippen molar-refractivity contribution >= 4 is 49.0 Å². The van der Waals surface area contributed by atoms with Gasteiger partial charge in [0.2, 0.25) is 0 Å². The number of fused-ring (bicyclic) bond motifs is 7. The molecule has 0 fully saturated rings. The molecule has 0 atom stereocenters. The summed E-state index contributed by atoms with van der Waals surface area (Å²) in [5, 5.41) is 15.3. The normalized spacial score (nSPS) is 14.0. The first-order valence-electron chi connectivity index (χ1n) is 15.4. The number of aliphatic hydroxyl groups excluding tert-OH is 1. The SMILES string of the molecule is CC(C)(C)C(=O)/C=C(\O)C(C)(C)C.CC1(C)c2nc3ccccc3[c-]c2-c2nccc3c2c1cc1c2cc(F)cc(F)c2ccc31.[Ir]. The monoisotopic (exact) mass is 808 g/mol. The van der Waals surface area contributed by atoms with E-state index in [-0.39, 0.29) is 37.1 Å². The van der Waals surface area contributed by atoms with Gasteiger partial charge in [0.15, 0.2) is 5.78 Å². The van der Waals surface area contributed by atoms with Crippen LogP contribution in [0.2, 0.25) is 0 Å². The predicted molar refractivity (Wildman–Crippen MR) is 183 cm³/mol. The molecule has 47 heavy (non-hydrogen) atoms. The van der Waals surface area contributed by atoms with E-state index in [1.165, 1.54) is 12.1 Å². The Morgan fingerprint density at radius 1 is 0.851 bits per heavy atom. The van der Waals surface area contributed by atoms with Crippen molar-refractivity contribution in [3.05, 3.63) is 108 Å². The van der Waals surface area contributed by atoms with Crippen LogP contribution in [-0.4, -0.2) is 20.9 Å². The summed E-state index contributed by atoms with van der Waals surface area (Å²) in [5.74, 6) is -1.03. The van der Waals surface area contributed by atoms with Crippen molar-refractivity contribution in [3.63, 3.8) is 0 Å². The molecular formula is C40H37F2IrN2O2-. The minimum Gasteiger partial charge on any atom is -0.512 e. The Labute approximate surface area is 287 Å². The molecule has 0 bridgehead atoms. The number of allylic oxidation sites excluding steroid dienone is 2. The Morgan fingerprint density at radius 3 is 2.19 bits per heavy atom. The summed E-state index contributed by atoms with van der Waals surface area (Å²) in [7, 11) is 0. The molecule has 1 N–H and O–H groups in total. The molecule has 0 aliphatic heterocycles. The van der Waals surface area contributed by atoms with Gasteiger partial charge in [-0.1, -0.05) is 103 Å². The zero-order valence-electron chi connectivity index (χ0n) is 27.8. The number of hydrogen-bond donors (Lipinski definition) is 1. The number of aliphatic hydroxyl groups is 1. The number of hydrogen-bond acceptors (Lipinski definition) is 4. The maximum Gasteiger partial charge on any atom is 0.164 e. The number of nitrogens with zero attached hydrogens (tertiary/aromatic N) is 2. The van der Waals surface area contributed by atoms with E-state index in [0.717, 1.165) is 61.0 Å². The van der Waals surface area contributed by atoms with E-state index in [0.29, 0.717) is 10.8 Å².